The van der Waals surface area contributed by atoms with Crippen LogP contribution in [0.25, 0.3) is 0 Å². The first-order valence-electron chi connectivity index (χ1n) is 7.38. The highest BCUT2D eigenvalue weighted by molar-refractivity contribution is 5.87. The van der Waals surface area contributed by atoms with Crippen LogP contribution >= 0.6 is 0 Å². The fourth-order valence-corrected chi connectivity index (χ4v) is 4.33. The first-order valence-corrected chi connectivity index (χ1v) is 7.38. The molecule has 0 saturated heterocycles. The van der Waals surface area contributed by atoms with Gasteiger partial charge in [0.25, 0.3) is 0 Å². The number of carboxylic acid groups (broad SMARTS) is 2. The van der Waals surface area contributed by atoms with Gasteiger partial charge in [0.15, 0.2) is 0 Å². The van der Waals surface area contributed by atoms with Crippen molar-refractivity contribution in [3.63, 3.8) is 0 Å². The number of carboxylic acids is 2. The number of hydrogen-bond acceptors (Lipinski definition) is 4. The molecule has 6 nitrogen and oxygen atoms in total. The number of rotatable bonds is 5. The summed E-state index contributed by atoms with van der Waals surface area (Å²) in [4.78, 5) is 34.0. The highest BCUT2D eigenvalue weighted by Gasteiger charge is 2.58. The van der Waals surface area contributed by atoms with E-state index in [2.05, 4.69) is 0 Å². The van der Waals surface area contributed by atoms with E-state index < -0.39 is 35.3 Å². The van der Waals surface area contributed by atoms with E-state index in [1.54, 1.807) is 0 Å². The average Bonchev–Trinajstić information content (AvgIpc) is 2.65. The van der Waals surface area contributed by atoms with Crippen LogP contribution in [0, 0.1) is 17.3 Å². The number of carbonyl (C=O) groups excluding carboxylic acids is 1. The summed E-state index contributed by atoms with van der Waals surface area (Å²) in [7, 11) is 0. The highest BCUT2D eigenvalue weighted by Crippen LogP contribution is 2.57. The minimum atomic E-state index is -1.41. The topological polar surface area (TPSA) is 112 Å². The van der Waals surface area contributed by atoms with Crippen molar-refractivity contribution in [3.8, 4) is 0 Å². The lowest BCUT2D eigenvalue weighted by molar-refractivity contribution is -0.159. The molecule has 2 aliphatic rings. The van der Waals surface area contributed by atoms with Crippen molar-refractivity contribution < 1.29 is 29.7 Å². The second kappa shape index (κ2) is 5.40. The molecule has 0 radical (unpaired) electrons. The van der Waals surface area contributed by atoms with Crippen LogP contribution in [0.5, 0.6) is 0 Å². The van der Waals surface area contributed by atoms with Crippen LogP contribution in [-0.4, -0.2) is 38.6 Å². The highest BCUT2D eigenvalue weighted by atomic mass is 16.4. The number of hydrogen-bond donors (Lipinski definition) is 3. The Morgan fingerprint density at radius 3 is 2.48 bits per heavy atom. The van der Waals surface area contributed by atoms with Crippen molar-refractivity contribution >= 4 is 17.7 Å². The zero-order valence-corrected chi connectivity index (χ0v) is 12.2. The van der Waals surface area contributed by atoms with Gasteiger partial charge < -0.3 is 15.3 Å². The van der Waals surface area contributed by atoms with Crippen LogP contribution in [0.15, 0.2) is 0 Å². The van der Waals surface area contributed by atoms with Crippen molar-refractivity contribution in [2.24, 2.45) is 17.3 Å². The summed E-state index contributed by atoms with van der Waals surface area (Å²) in [6.45, 7) is 1.88. The molecule has 0 bridgehead atoms. The molecule has 6 heteroatoms. The van der Waals surface area contributed by atoms with Gasteiger partial charge in [-0.05, 0) is 37.5 Å². The Bertz CT molecular complexity index is 473. The number of aliphatic carboxylic acids is 2. The van der Waals surface area contributed by atoms with Crippen molar-refractivity contribution in [1.82, 2.24) is 0 Å². The minimum Gasteiger partial charge on any atom is -0.481 e. The van der Waals surface area contributed by atoms with Gasteiger partial charge in [0, 0.05) is 18.3 Å². The van der Waals surface area contributed by atoms with E-state index in [1.807, 2.05) is 6.92 Å². The lowest BCUT2D eigenvalue weighted by atomic mass is 9.56. The average molecular weight is 298 g/mol. The summed E-state index contributed by atoms with van der Waals surface area (Å²) in [5.41, 5.74) is -1.94. The van der Waals surface area contributed by atoms with Crippen LogP contribution in [0.4, 0.5) is 0 Å². The predicted molar refractivity (Wildman–Crippen MR) is 72.6 cm³/mol. The lowest BCUT2D eigenvalue weighted by Gasteiger charge is -2.49. The summed E-state index contributed by atoms with van der Waals surface area (Å²) in [6.07, 6.45) is 1.47. The van der Waals surface area contributed by atoms with Gasteiger partial charge in [0.1, 0.15) is 5.78 Å². The molecule has 0 aromatic carbocycles. The zero-order valence-electron chi connectivity index (χ0n) is 12.2. The third-order valence-corrected chi connectivity index (χ3v) is 5.52. The Labute approximate surface area is 123 Å². The van der Waals surface area contributed by atoms with E-state index in [4.69, 9.17) is 10.2 Å². The Balaban J connectivity index is 2.29. The molecule has 0 heterocycles. The lowest BCUT2D eigenvalue weighted by Crippen LogP contribution is -2.53. The van der Waals surface area contributed by atoms with Crippen LogP contribution in [0.3, 0.4) is 0 Å². The van der Waals surface area contributed by atoms with Gasteiger partial charge in [0.05, 0.1) is 12.0 Å². The van der Waals surface area contributed by atoms with Crippen LogP contribution in [-0.2, 0) is 14.4 Å². The van der Waals surface area contributed by atoms with Gasteiger partial charge in [-0.15, -0.1) is 0 Å². The largest absolute Gasteiger partial charge is 0.481 e. The fraction of sp³-hybridized carbons (Fsp3) is 0.800. The predicted octanol–water partition coefficient (Wildman–Crippen LogP) is 1.45. The Morgan fingerprint density at radius 1 is 1.24 bits per heavy atom. The summed E-state index contributed by atoms with van der Waals surface area (Å²) in [5.74, 6) is -2.47. The van der Waals surface area contributed by atoms with Gasteiger partial charge in [-0.25, -0.2) is 0 Å². The van der Waals surface area contributed by atoms with Gasteiger partial charge in [0.2, 0.25) is 0 Å². The molecule has 2 saturated carbocycles. The summed E-state index contributed by atoms with van der Waals surface area (Å²) < 4.78 is 0. The molecule has 2 fully saturated rings. The van der Waals surface area contributed by atoms with Gasteiger partial charge >= 0.3 is 11.9 Å². The smallest absolute Gasteiger partial charge is 0.306 e. The monoisotopic (exact) mass is 298 g/mol. The van der Waals surface area contributed by atoms with Crippen LogP contribution < -0.4 is 0 Å². The Kier molecular flexibility index (Phi) is 4.10. The molecule has 4 atom stereocenters. The maximum atomic E-state index is 12.1. The van der Waals surface area contributed by atoms with E-state index in [0.29, 0.717) is 19.3 Å². The van der Waals surface area contributed by atoms with Gasteiger partial charge in [-0.1, -0.05) is 6.92 Å². The second-order valence-electron chi connectivity index (χ2n) is 6.70. The molecule has 2 rings (SSSR count). The van der Waals surface area contributed by atoms with Crippen molar-refractivity contribution in [2.75, 3.05) is 0 Å². The zero-order chi connectivity index (χ0) is 15.8. The molecule has 118 valence electrons. The molecule has 2 aliphatic carbocycles. The maximum Gasteiger partial charge on any atom is 0.306 e. The van der Waals surface area contributed by atoms with E-state index in [0.717, 1.165) is 0 Å². The molecular weight excluding hydrogens is 276 g/mol. The molecule has 0 amide bonds. The van der Waals surface area contributed by atoms with Crippen LogP contribution in [0.2, 0.25) is 0 Å². The first kappa shape index (κ1) is 15.9. The molecule has 21 heavy (non-hydrogen) atoms. The van der Waals surface area contributed by atoms with Crippen molar-refractivity contribution in [3.05, 3.63) is 0 Å². The van der Waals surface area contributed by atoms with Gasteiger partial charge in [-0.2, -0.15) is 0 Å². The quantitative estimate of drug-likeness (QED) is 0.708. The second-order valence-corrected chi connectivity index (χ2v) is 6.70. The molecule has 0 spiro atoms. The van der Waals surface area contributed by atoms with E-state index in [-0.39, 0.29) is 31.0 Å². The SMILES string of the molecule is CC12CCC(O)(CC(=O)O)C(CCC(=O)O)C1CCC2=O. The van der Waals surface area contributed by atoms with E-state index in [1.165, 1.54) is 0 Å². The summed E-state index contributed by atoms with van der Waals surface area (Å²) >= 11 is 0. The number of ketones is 1. The van der Waals surface area contributed by atoms with Gasteiger partial charge in [-0.3, -0.25) is 14.4 Å². The molecule has 0 aromatic heterocycles. The molecule has 3 N–H and O–H groups in total. The number of fused-ring (bicyclic) bond motifs is 1. The molecule has 0 aliphatic heterocycles. The Morgan fingerprint density at radius 2 is 1.90 bits per heavy atom. The Hall–Kier alpha value is -1.43. The van der Waals surface area contributed by atoms with Crippen molar-refractivity contribution in [1.29, 1.82) is 0 Å². The maximum absolute atomic E-state index is 12.1. The molecular formula is C15H22O6. The van der Waals surface area contributed by atoms with E-state index in [9.17, 15) is 19.5 Å². The molecule has 4 unspecified atom stereocenters. The first-order chi connectivity index (χ1) is 9.69. The number of carbonyl (C=O) groups is 3. The fourth-order valence-electron chi connectivity index (χ4n) is 4.33. The van der Waals surface area contributed by atoms with Crippen molar-refractivity contribution in [2.45, 2.75) is 57.5 Å². The van der Waals surface area contributed by atoms with E-state index >= 15 is 0 Å². The number of aliphatic hydroxyl groups is 1. The summed E-state index contributed by atoms with van der Waals surface area (Å²) in [5, 5.41) is 28.7. The standard InChI is InChI=1S/C15H22O6/c1-14-6-7-15(21,8-13(19)20)10(3-5-12(17)18)9(14)2-4-11(14)16/h9-10,21H,2-8H2,1H3,(H,17,18)(H,19,20). The summed E-state index contributed by atoms with van der Waals surface area (Å²) in [6, 6.07) is 0. The third-order valence-electron chi connectivity index (χ3n) is 5.52. The molecule has 0 aromatic rings. The number of Topliss-reactive ketones (excluding diaryl/α,β-unsaturated/α-hetero) is 1. The minimum absolute atomic E-state index is 0.118. The third kappa shape index (κ3) is 2.81. The normalized spacial score (nSPS) is 39.0. The van der Waals surface area contributed by atoms with Crippen LogP contribution in [0.1, 0.15) is 51.9 Å².